The quantitative estimate of drug-likeness (QED) is 0.202. The number of methoxy groups -OCH3 is 2. The number of amides is 3. The third-order valence-corrected chi connectivity index (χ3v) is 5.52. The highest BCUT2D eigenvalue weighted by Crippen LogP contribution is 2.36. The molecule has 0 unspecified atom stereocenters. The second-order valence-electron chi connectivity index (χ2n) is 7.71. The van der Waals surface area contributed by atoms with Gasteiger partial charge in [0.1, 0.15) is 5.75 Å². The number of anilines is 2. The van der Waals surface area contributed by atoms with Crippen LogP contribution in [0.2, 0.25) is 10.0 Å². The molecule has 0 aromatic heterocycles. The number of carbonyl (C=O) groups is 3. The van der Waals surface area contributed by atoms with Gasteiger partial charge in [0.05, 0.1) is 25.5 Å². The summed E-state index contributed by atoms with van der Waals surface area (Å²) in [7, 11) is 2.92. The second-order valence-corrected chi connectivity index (χ2v) is 8.56. The molecule has 0 spiro atoms. The predicted molar refractivity (Wildman–Crippen MR) is 146 cm³/mol. The monoisotopic (exact) mass is 558 g/mol. The number of nitrogens with zero attached hydrogens (tertiary/aromatic N) is 1. The highest BCUT2D eigenvalue weighted by molar-refractivity contribution is 6.39. The number of rotatable bonds is 9. The van der Waals surface area contributed by atoms with Gasteiger partial charge in [-0.1, -0.05) is 29.3 Å². The van der Waals surface area contributed by atoms with Crippen molar-refractivity contribution in [3.8, 4) is 17.2 Å². The Morgan fingerprint density at radius 3 is 2.34 bits per heavy atom. The molecular formula is C26H24Cl2N4O6. The normalized spacial score (nSPS) is 10.6. The molecule has 0 heterocycles. The summed E-state index contributed by atoms with van der Waals surface area (Å²) in [6.45, 7) is 1.50. The van der Waals surface area contributed by atoms with Crippen molar-refractivity contribution in [3.05, 3.63) is 75.8 Å². The Labute approximate surface area is 228 Å². The summed E-state index contributed by atoms with van der Waals surface area (Å²) < 4.78 is 15.9. The summed E-state index contributed by atoms with van der Waals surface area (Å²) in [6, 6.07) is 14.6. The largest absolute Gasteiger partial charge is 0.497 e. The van der Waals surface area contributed by atoms with Gasteiger partial charge in [0, 0.05) is 16.4 Å². The van der Waals surface area contributed by atoms with Crippen LogP contribution in [0, 0.1) is 6.92 Å². The molecule has 0 fully saturated rings. The molecule has 0 aliphatic rings. The number of hydrazone groups is 1. The minimum atomic E-state index is -0.976. The van der Waals surface area contributed by atoms with Crippen LogP contribution >= 0.6 is 23.2 Å². The van der Waals surface area contributed by atoms with Crippen molar-refractivity contribution in [2.24, 2.45) is 5.10 Å². The Morgan fingerprint density at radius 2 is 1.66 bits per heavy atom. The van der Waals surface area contributed by atoms with Gasteiger partial charge in [0.15, 0.2) is 18.1 Å². The Kier molecular flexibility index (Phi) is 9.92. The number of halogens is 2. The molecule has 3 rings (SSSR count). The van der Waals surface area contributed by atoms with Crippen molar-refractivity contribution < 1.29 is 28.6 Å². The molecule has 0 aliphatic heterocycles. The molecule has 0 saturated carbocycles. The molecule has 10 nitrogen and oxygen atoms in total. The number of hydrogen-bond donors (Lipinski definition) is 3. The minimum absolute atomic E-state index is 0.140. The van der Waals surface area contributed by atoms with Crippen LogP contribution < -0.4 is 30.3 Å². The van der Waals surface area contributed by atoms with E-state index in [2.05, 4.69) is 21.2 Å². The third-order valence-electron chi connectivity index (χ3n) is 5.01. The molecule has 12 heteroatoms. The van der Waals surface area contributed by atoms with Gasteiger partial charge in [-0.3, -0.25) is 14.4 Å². The fourth-order valence-corrected chi connectivity index (χ4v) is 3.53. The smallest absolute Gasteiger partial charge is 0.329 e. The Bertz CT molecular complexity index is 1360. The van der Waals surface area contributed by atoms with E-state index in [9.17, 15) is 14.4 Å². The first-order valence-electron chi connectivity index (χ1n) is 11.0. The second kappa shape index (κ2) is 13.3. The van der Waals surface area contributed by atoms with Crippen LogP contribution in [0.15, 0.2) is 59.7 Å². The van der Waals surface area contributed by atoms with Crippen molar-refractivity contribution in [2.75, 3.05) is 31.5 Å². The van der Waals surface area contributed by atoms with Crippen molar-refractivity contribution in [2.45, 2.75) is 6.92 Å². The molecule has 3 N–H and O–H groups in total. The van der Waals surface area contributed by atoms with E-state index in [0.29, 0.717) is 27.7 Å². The standard InChI is InChI=1S/C26H24Cl2N4O6/c1-15-4-5-17(27)12-21(15)31-23(33)14-38-24-20(28)10-16(11-22(24)37-3)13-29-32-26(35)25(34)30-18-6-8-19(36-2)9-7-18/h4-13H,14H2,1-3H3,(H,30,34)(H,31,33)(H,32,35)/b29-13-. The lowest BCUT2D eigenvalue weighted by molar-refractivity contribution is -0.136. The molecule has 0 bridgehead atoms. The summed E-state index contributed by atoms with van der Waals surface area (Å²) in [4.78, 5) is 36.5. The van der Waals surface area contributed by atoms with Gasteiger partial charge in [-0.25, -0.2) is 5.43 Å². The molecule has 3 amide bonds. The van der Waals surface area contributed by atoms with Crippen molar-refractivity contribution >= 4 is 58.5 Å². The van der Waals surface area contributed by atoms with Crippen molar-refractivity contribution in [1.82, 2.24) is 5.43 Å². The fourth-order valence-electron chi connectivity index (χ4n) is 3.09. The van der Waals surface area contributed by atoms with E-state index in [1.165, 1.54) is 32.6 Å². The number of ether oxygens (including phenoxy) is 3. The van der Waals surface area contributed by atoms with Gasteiger partial charge in [0.25, 0.3) is 5.91 Å². The average Bonchev–Trinajstić information content (AvgIpc) is 2.90. The van der Waals surface area contributed by atoms with E-state index in [1.807, 2.05) is 6.92 Å². The molecule has 198 valence electrons. The lowest BCUT2D eigenvalue weighted by Crippen LogP contribution is -2.32. The Hall–Kier alpha value is -4.28. The zero-order valence-corrected chi connectivity index (χ0v) is 22.1. The average molecular weight is 559 g/mol. The molecule has 0 aliphatic carbocycles. The first-order chi connectivity index (χ1) is 18.2. The maximum absolute atomic E-state index is 12.4. The van der Waals surface area contributed by atoms with Crippen LogP contribution in [0.25, 0.3) is 0 Å². The van der Waals surface area contributed by atoms with Crippen LogP contribution in [0.1, 0.15) is 11.1 Å². The number of carbonyl (C=O) groups excluding carboxylic acids is 3. The van der Waals surface area contributed by atoms with Crippen LogP contribution in [0.5, 0.6) is 17.2 Å². The van der Waals surface area contributed by atoms with Gasteiger partial charge in [-0.2, -0.15) is 5.10 Å². The Balaban J connectivity index is 1.58. The topological polar surface area (TPSA) is 127 Å². The molecule has 3 aromatic carbocycles. The van der Waals surface area contributed by atoms with Crippen LogP contribution in [0.4, 0.5) is 11.4 Å². The van der Waals surface area contributed by atoms with E-state index in [-0.39, 0.29) is 23.1 Å². The Morgan fingerprint density at radius 1 is 0.921 bits per heavy atom. The number of benzene rings is 3. The van der Waals surface area contributed by atoms with E-state index in [0.717, 1.165) is 5.56 Å². The van der Waals surface area contributed by atoms with E-state index < -0.39 is 17.7 Å². The van der Waals surface area contributed by atoms with E-state index in [1.54, 1.807) is 42.5 Å². The van der Waals surface area contributed by atoms with Crippen molar-refractivity contribution in [1.29, 1.82) is 0 Å². The fraction of sp³-hybridized carbons (Fsp3) is 0.154. The zero-order chi connectivity index (χ0) is 27.7. The van der Waals surface area contributed by atoms with Gasteiger partial charge in [-0.15, -0.1) is 0 Å². The van der Waals surface area contributed by atoms with Gasteiger partial charge >= 0.3 is 11.8 Å². The SMILES string of the molecule is COc1ccc(NC(=O)C(=O)N/N=C\c2cc(Cl)c(OCC(=O)Nc3cc(Cl)ccc3C)c(OC)c2)cc1. The lowest BCUT2D eigenvalue weighted by Gasteiger charge is -2.14. The number of nitrogens with one attached hydrogen (secondary N) is 3. The van der Waals surface area contributed by atoms with Gasteiger partial charge < -0.3 is 24.8 Å². The summed E-state index contributed by atoms with van der Waals surface area (Å²) >= 11 is 12.3. The molecule has 0 saturated heterocycles. The minimum Gasteiger partial charge on any atom is -0.497 e. The van der Waals surface area contributed by atoms with Crippen LogP contribution in [-0.2, 0) is 14.4 Å². The predicted octanol–water partition coefficient (Wildman–Crippen LogP) is 4.43. The molecule has 0 atom stereocenters. The van der Waals surface area contributed by atoms with Gasteiger partial charge in [-0.05, 0) is 66.6 Å². The highest BCUT2D eigenvalue weighted by Gasteiger charge is 2.15. The third kappa shape index (κ3) is 7.86. The summed E-state index contributed by atoms with van der Waals surface area (Å²) in [5, 5.41) is 9.58. The molecule has 0 radical (unpaired) electrons. The summed E-state index contributed by atoms with van der Waals surface area (Å²) in [6.07, 6.45) is 1.27. The first-order valence-corrected chi connectivity index (χ1v) is 11.8. The zero-order valence-electron chi connectivity index (χ0n) is 20.6. The lowest BCUT2D eigenvalue weighted by atomic mass is 10.2. The van der Waals surface area contributed by atoms with Gasteiger partial charge in [0.2, 0.25) is 0 Å². The van der Waals surface area contributed by atoms with Crippen molar-refractivity contribution in [3.63, 3.8) is 0 Å². The number of aryl methyl sites for hydroxylation is 1. The molecule has 3 aromatic rings. The maximum Gasteiger partial charge on any atom is 0.329 e. The highest BCUT2D eigenvalue weighted by atomic mass is 35.5. The molecular weight excluding hydrogens is 535 g/mol. The van der Waals surface area contributed by atoms with Crippen LogP contribution in [-0.4, -0.2) is 44.8 Å². The summed E-state index contributed by atoms with van der Waals surface area (Å²) in [5.41, 5.74) is 4.39. The first kappa shape index (κ1) is 28.3. The maximum atomic E-state index is 12.4. The van der Waals surface area contributed by atoms with Crippen LogP contribution in [0.3, 0.4) is 0 Å². The van der Waals surface area contributed by atoms with E-state index >= 15 is 0 Å². The number of hydrogen-bond acceptors (Lipinski definition) is 7. The molecule has 38 heavy (non-hydrogen) atoms. The van der Waals surface area contributed by atoms with E-state index in [4.69, 9.17) is 37.4 Å². The summed E-state index contributed by atoms with van der Waals surface area (Å²) in [5.74, 6) is -1.32.